The fraction of sp³-hybridized carbons (Fsp3) is 0.375. The molecule has 1 N–H and O–H groups in total. The Morgan fingerprint density at radius 1 is 1.40 bits per heavy atom. The Bertz CT molecular complexity index is 632. The van der Waals surface area contributed by atoms with Gasteiger partial charge in [0.2, 0.25) is 0 Å². The number of hydrogen-bond acceptors (Lipinski definition) is 2. The Morgan fingerprint density at radius 2 is 2.25 bits per heavy atom. The first-order valence-corrected chi connectivity index (χ1v) is 7.01. The van der Waals surface area contributed by atoms with Crippen molar-refractivity contribution in [2.45, 2.75) is 26.2 Å². The number of carbonyl (C=O) groups is 1. The molecule has 2 heterocycles. The Morgan fingerprint density at radius 3 is 2.95 bits per heavy atom. The average Bonchev–Trinajstić information content (AvgIpc) is 3.06. The summed E-state index contributed by atoms with van der Waals surface area (Å²) >= 11 is 0. The molecule has 0 bridgehead atoms. The minimum absolute atomic E-state index is 0.125. The summed E-state index contributed by atoms with van der Waals surface area (Å²) in [5.74, 6) is 1.46. The molecule has 4 heteroatoms. The molecule has 3 rings (SSSR count). The van der Waals surface area contributed by atoms with E-state index in [0.29, 0.717) is 5.92 Å². The first kappa shape index (κ1) is 12.9. The van der Waals surface area contributed by atoms with Gasteiger partial charge in [0.15, 0.2) is 0 Å². The standard InChI is InChI=1S/C16H19N3O/c1-11-4-3-5-13(8-11)16(20)19-7-6-14(10-19)15-17-9-12(2)18-15/h3-5,8-9,14H,6-7,10H2,1-2H3,(H,17,18)/t14-/m1/s1. The van der Waals surface area contributed by atoms with E-state index in [1.807, 2.05) is 49.2 Å². The predicted molar refractivity (Wildman–Crippen MR) is 77.8 cm³/mol. The summed E-state index contributed by atoms with van der Waals surface area (Å²) < 4.78 is 0. The van der Waals surface area contributed by atoms with E-state index in [4.69, 9.17) is 0 Å². The summed E-state index contributed by atoms with van der Waals surface area (Å²) in [6.07, 6.45) is 2.82. The molecule has 0 radical (unpaired) electrons. The number of rotatable bonds is 2. The van der Waals surface area contributed by atoms with E-state index in [0.717, 1.165) is 42.2 Å². The highest BCUT2D eigenvalue weighted by Gasteiger charge is 2.29. The lowest BCUT2D eigenvalue weighted by molar-refractivity contribution is 0.0790. The zero-order valence-electron chi connectivity index (χ0n) is 11.9. The molecule has 1 atom stereocenters. The van der Waals surface area contributed by atoms with Crippen LogP contribution in [-0.2, 0) is 0 Å². The van der Waals surface area contributed by atoms with E-state index in [2.05, 4.69) is 9.97 Å². The second kappa shape index (κ2) is 5.12. The molecule has 1 fully saturated rings. The molecule has 1 amide bonds. The Kier molecular flexibility index (Phi) is 3.30. The van der Waals surface area contributed by atoms with Crippen LogP contribution in [0, 0.1) is 13.8 Å². The van der Waals surface area contributed by atoms with Crippen LogP contribution < -0.4 is 0 Å². The summed E-state index contributed by atoms with van der Waals surface area (Å²) in [5.41, 5.74) is 2.97. The van der Waals surface area contributed by atoms with E-state index in [1.165, 1.54) is 0 Å². The van der Waals surface area contributed by atoms with Crippen LogP contribution in [0.4, 0.5) is 0 Å². The van der Waals surface area contributed by atoms with Crippen LogP contribution in [0.25, 0.3) is 0 Å². The average molecular weight is 269 g/mol. The molecule has 4 nitrogen and oxygen atoms in total. The third-order valence-corrected chi connectivity index (χ3v) is 3.85. The first-order valence-electron chi connectivity index (χ1n) is 7.01. The molecule has 2 aromatic rings. The van der Waals surface area contributed by atoms with Gasteiger partial charge in [-0.1, -0.05) is 17.7 Å². The number of amides is 1. The predicted octanol–water partition coefficient (Wildman–Crippen LogP) is 2.66. The van der Waals surface area contributed by atoms with Gasteiger partial charge in [0.25, 0.3) is 5.91 Å². The smallest absolute Gasteiger partial charge is 0.253 e. The molecule has 0 saturated carbocycles. The molecule has 0 aliphatic carbocycles. The zero-order chi connectivity index (χ0) is 14.1. The van der Waals surface area contributed by atoms with Crippen LogP contribution in [0.3, 0.4) is 0 Å². The van der Waals surface area contributed by atoms with Crippen molar-refractivity contribution < 1.29 is 4.79 Å². The van der Waals surface area contributed by atoms with Crippen molar-refractivity contribution in [2.24, 2.45) is 0 Å². The Labute approximate surface area is 118 Å². The van der Waals surface area contributed by atoms with Gasteiger partial charge in [0.05, 0.1) is 0 Å². The zero-order valence-corrected chi connectivity index (χ0v) is 11.9. The molecule has 1 aromatic carbocycles. The van der Waals surface area contributed by atoms with E-state index in [9.17, 15) is 4.79 Å². The number of benzene rings is 1. The SMILES string of the molecule is Cc1cccc(C(=O)N2CC[C@@H](c3ncc(C)[nH]3)C2)c1. The lowest BCUT2D eigenvalue weighted by atomic mass is 10.1. The number of nitrogens with one attached hydrogen (secondary N) is 1. The molecule has 0 unspecified atom stereocenters. The molecule has 1 aromatic heterocycles. The van der Waals surface area contributed by atoms with Crippen molar-refractivity contribution in [3.05, 3.63) is 53.1 Å². The van der Waals surface area contributed by atoms with Crippen LogP contribution in [0.5, 0.6) is 0 Å². The molecular weight excluding hydrogens is 250 g/mol. The maximum absolute atomic E-state index is 12.5. The molecular formula is C16H19N3O. The van der Waals surface area contributed by atoms with Crippen molar-refractivity contribution >= 4 is 5.91 Å². The van der Waals surface area contributed by atoms with Gasteiger partial charge in [-0.05, 0) is 32.4 Å². The maximum atomic E-state index is 12.5. The van der Waals surface area contributed by atoms with Crippen molar-refractivity contribution in [1.29, 1.82) is 0 Å². The third kappa shape index (κ3) is 2.46. The number of likely N-dealkylation sites (tertiary alicyclic amines) is 1. The maximum Gasteiger partial charge on any atom is 0.253 e. The van der Waals surface area contributed by atoms with E-state index in [-0.39, 0.29) is 5.91 Å². The van der Waals surface area contributed by atoms with Gasteiger partial charge in [-0.15, -0.1) is 0 Å². The lowest BCUT2D eigenvalue weighted by Gasteiger charge is -2.16. The molecule has 1 aliphatic rings. The molecule has 104 valence electrons. The van der Waals surface area contributed by atoms with E-state index < -0.39 is 0 Å². The third-order valence-electron chi connectivity index (χ3n) is 3.85. The molecule has 0 spiro atoms. The summed E-state index contributed by atoms with van der Waals surface area (Å²) in [6.45, 7) is 5.56. The van der Waals surface area contributed by atoms with Crippen molar-refractivity contribution in [2.75, 3.05) is 13.1 Å². The summed E-state index contributed by atoms with van der Waals surface area (Å²) in [4.78, 5) is 22.1. The van der Waals surface area contributed by atoms with Gasteiger partial charge in [-0.3, -0.25) is 4.79 Å². The lowest BCUT2D eigenvalue weighted by Crippen LogP contribution is -2.28. The number of carbonyl (C=O) groups excluding carboxylic acids is 1. The largest absolute Gasteiger partial charge is 0.346 e. The summed E-state index contributed by atoms with van der Waals surface area (Å²) in [7, 11) is 0. The fourth-order valence-electron chi connectivity index (χ4n) is 2.77. The van der Waals surface area contributed by atoms with Crippen LogP contribution in [0.15, 0.2) is 30.5 Å². The minimum Gasteiger partial charge on any atom is -0.346 e. The molecule has 20 heavy (non-hydrogen) atoms. The van der Waals surface area contributed by atoms with Gasteiger partial charge >= 0.3 is 0 Å². The summed E-state index contributed by atoms with van der Waals surface area (Å²) in [6, 6.07) is 7.79. The van der Waals surface area contributed by atoms with Gasteiger partial charge in [0.1, 0.15) is 5.82 Å². The van der Waals surface area contributed by atoms with Gasteiger partial charge < -0.3 is 9.88 Å². The van der Waals surface area contributed by atoms with Gasteiger partial charge in [0, 0.05) is 36.5 Å². The second-order valence-corrected chi connectivity index (χ2v) is 5.56. The highest BCUT2D eigenvalue weighted by Crippen LogP contribution is 2.26. The van der Waals surface area contributed by atoms with Gasteiger partial charge in [-0.25, -0.2) is 4.98 Å². The second-order valence-electron chi connectivity index (χ2n) is 5.56. The topological polar surface area (TPSA) is 49.0 Å². The number of aryl methyl sites for hydroxylation is 2. The van der Waals surface area contributed by atoms with Gasteiger partial charge in [-0.2, -0.15) is 0 Å². The fourth-order valence-corrected chi connectivity index (χ4v) is 2.77. The minimum atomic E-state index is 0.125. The molecule has 1 saturated heterocycles. The van der Waals surface area contributed by atoms with Crippen LogP contribution in [0.1, 0.15) is 39.8 Å². The van der Waals surface area contributed by atoms with E-state index >= 15 is 0 Å². The van der Waals surface area contributed by atoms with Crippen LogP contribution in [0.2, 0.25) is 0 Å². The summed E-state index contributed by atoms with van der Waals surface area (Å²) in [5, 5.41) is 0. The number of imidazole rings is 1. The van der Waals surface area contributed by atoms with Crippen LogP contribution in [-0.4, -0.2) is 33.9 Å². The van der Waals surface area contributed by atoms with Crippen molar-refractivity contribution in [3.8, 4) is 0 Å². The number of nitrogens with zero attached hydrogens (tertiary/aromatic N) is 2. The monoisotopic (exact) mass is 269 g/mol. The number of hydrogen-bond donors (Lipinski definition) is 1. The Balaban J connectivity index is 1.72. The van der Waals surface area contributed by atoms with Crippen LogP contribution >= 0.6 is 0 Å². The number of aromatic amines is 1. The van der Waals surface area contributed by atoms with Crippen molar-refractivity contribution in [3.63, 3.8) is 0 Å². The van der Waals surface area contributed by atoms with Crippen molar-refractivity contribution in [1.82, 2.24) is 14.9 Å². The highest BCUT2D eigenvalue weighted by molar-refractivity contribution is 5.94. The quantitative estimate of drug-likeness (QED) is 0.911. The molecule has 1 aliphatic heterocycles. The number of H-pyrrole nitrogens is 1. The number of aromatic nitrogens is 2. The normalized spacial score (nSPS) is 18.5. The first-order chi connectivity index (χ1) is 9.63. The van der Waals surface area contributed by atoms with E-state index in [1.54, 1.807) is 0 Å². The Hall–Kier alpha value is -2.10. The highest BCUT2D eigenvalue weighted by atomic mass is 16.2.